The van der Waals surface area contributed by atoms with Crippen molar-refractivity contribution in [2.24, 2.45) is 0 Å². The lowest BCUT2D eigenvalue weighted by molar-refractivity contribution is -0.229. The number of carbonyl (C=O) groups excluding carboxylic acids is 2. The third kappa shape index (κ3) is 2.68. The van der Waals surface area contributed by atoms with Crippen LogP contribution in [0.4, 0.5) is 4.79 Å². The maximum atomic E-state index is 12.9. The molecule has 1 N–H and O–H groups in total. The first-order chi connectivity index (χ1) is 11.5. The topological polar surface area (TPSA) is 61.9 Å². The zero-order valence-electron chi connectivity index (χ0n) is 14.7. The average molecular weight is 335 g/mol. The molecule has 134 valence electrons. The van der Waals surface area contributed by atoms with Gasteiger partial charge in [0.2, 0.25) is 5.91 Å². The molecule has 24 heavy (non-hydrogen) atoms. The number of hydrogen-bond donors (Lipinski definition) is 1. The third-order valence-electron chi connectivity index (χ3n) is 6.43. The molecule has 2 heterocycles. The fourth-order valence-corrected chi connectivity index (χ4v) is 4.96. The van der Waals surface area contributed by atoms with Crippen molar-refractivity contribution >= 4 is 11.9 Å². The summed E-state index contributed by atoms with van der Waals surface area (Å²) in [5.41, 5.74) is -0.250. The maximum Gasteiger partial charge on any atom is 0.318 e. The van der Waals surface area contributed by atoms with E-state index in [1.54, 1.807) is 0 Å². The monoisotopic (exact) mass is 335 g/mol. The number of rotatable bonds is 2. The van der Waals surface area contributed by atoms with Crippen molar-refractivity contribution in [3.63, 3.8) is 0 Å². The summed E-state index contributed by atoms with van der Waals surface area (Å²) in [4.78, 5) is 28.9. The summed E-state index contributed by atoms with van der Waals surface area (Å²) >= 11 is 0. The minimum Gasteiger partial charge on any atom is -0.365 e. The first-order valence-electron chi connectivity index (χ1n) is 9.59. The van der Waals surface area contributed by atoms with Crippen LogP contribution in [0.15, 0.2) is 0 Å². The Morgan fingerprint density at radius 2 is 1.79 bits per heavy atom. The summed E-state index contributed by atoms with van der Waals surface area (Å²) in [6, 6.07) is -0.427. The van der Waals surface area contributed by atoms with Crippen LogP contribution >= 0.6 is 0 Å². The molecule has 4 fully saturated rings. The van der Waals surface area contributed by atoms with E-state index in [4.69, 9.17) is 4.74 Å². The summed E-state index contributed by atoms with van der Waals surface area (Å²) < 4.78 is 6.57. The average Bonchev–Trinajstić information content (AvgIpc) is 3.13. The summed E-state index contributed by atoms with van der Waals surface area (Å²) in [7, 11) is 0. The van der Waals surface area contributed by atoms with Gasteiger partial charge in [-0.1, -0.05) is 12.8 Å². The number of hydrogen-bond acceptors (Lipinski definition) is 3. The Balaban J connectivity index is 1.44. The molecule has 3 amide bonds. The van der Waals surface area contributed by atoms with Gasteiger partial charge in [0.1, 0.15) is 6.04 Å². The number of likely N-dealkylation sites (tertiary alicyclic amines) is 1. The SMILES string of the molecule is CCN1CCC(NC(=O)N2CC3(CCCC3)OC3(CCC3)C2)C1=O. The van der Waals surface area contributed by atoms with Crippen LogP contribution in [0.3, 0.4) is 0 Å². The van der Waals surface area contributed by atoms with Gasteiger partial charge in [-0.3, -0.25) is 4.79 Å². The van der Waals surface area contributed by atoms with Crippen molar-refractivity contribution in [1.29, 1.82) is 0 Å². The Hall–Kier alpha value is -1.30. The highest BCUT2D eigenvalue weighted by atomic mass is 16.5. The van der Waals surface area contributed by atoms with E-state index in [9.17, 15) is 9.59 Å². The van der Waals surface area contributed by atoms with Gasteiger partial charge in [0.15, 0.2) is 0 Å². The summed E-state index contributed by atoms with van der Waals surface area (Å²) in [6.45, 7) is 4.80. The standard InChI is InChI=1S/C18H29N3O3/c1-2-20-11-6-14(15(20)22)19-16(23)21-12-17(7-3-4-8-17)24-18(13-21)9-5-10-18/h14H,2-13H2,1H3,(H,19,23). The van der Waals surface area contributed by atoms with Gasteiger partial charge in [-0.15, -0.1) is 0 Å². The largest absolute Gasteiger partial charge is 0.365 e. The number of nitrogens with zero attached hydrogens (tertiary/aromatic N) is 2. The van der Waals surface area contributed by atoms with Crippen LogP contribution in [0.5, 0.6) is 0 Å². The van der Waals surface area contributed by atoms with Crippen LogP contribution in [0.1, 0.15) is 58.3 Å². The van der Waals surface area contributed by atoms with Gasteiger partial charge in [0, 0.05) is 13.1 Å². The van der Waals surface area contributed by atoms with Gasteiger partial charge >= 0.3 is 6.03 Å². The predicted octanol–water partition coefficient (Wildman–Crippen LogP) is 1.88. The molecule has 2 aliphatic carbocycles. The van der Waals surface area contributed by atoms with Crippen molar-refractivity contribution in [2.45, 2.75) is 75.5 Å². The zero-order valence-corrected chi connectivity index (χ0v) is 14.7. The van der Waals surface area contributed by atoms with Crippen LogP contribution in [-0.4, -0.2) is 65.2 Å². The first kappa shape index (κ1) is 16.2. The quantitative estimate of drug-likeness (QED) is 0.838. The number of morpholine rings is 1. The molecule has 0 aromatic heterocycles. The number of ether oxygens (including phenoxy) is 1. The van der Waals surface area contributed by atoms with Crippen molar-refractivity contribution in [3.05, 3.63) is 0 Å². The molecule has 4 rings (SSSR count). The van der Waals surface area contributed by atoms with Crippen molar-refractivity contribution < 1.29 is 14.3 Å². The van der Waals surface area contributed by atoms with E-state index in [0.717, 1.165) is 45.2 Å². The summed E-state index contributed by atoms with van der Waals surface area (Å²) in [6.07, 6.45) is 8.54. The fraction of sp³-hybridized carbons (Fsp3) is 0.889. The van der Waals surface area contributed by atoms with Crippen molar-refractivity contribution in [1.82, 2.24) is 15.1 Å². The molecule has 0 bridgehead atoms. The number of carbonyl (C=O) groups is 2. The third-order valence-corrected chi connectivity index (χ3v) is 6.43. The van der Waals surface area contributed by atoms with Crippen LogP contribution in [-0.2, 0) is 9.53 Å². The minimum absolute atomic E-state index is 0.0630. The fourth-order valence-electron chi connectivity index (χ4n) is 4.96. The molecule has 2 saturated carbocycles. The second-order valence-electron chi connectivity index (χ2n) is 8.09. The molecular formula is C18H29N3O3. The van der Waals surface area contributed by atoms with Gasteiger partial charge < -0.3 is 19.9 Å². The second kappa shape index (κ2) is 5.90. The number of amides is 3. The lowest BCUT2D eigenvalue weighted by Gasteiger charge is -2.55. The van der Waals surface area contributed by atoms with Crippen LogP contribution in [0.25, 0.3) is 0 Å². The maximum absolute atomic E-state index is 12.9. The highest BCUT2D eigenvalue weighted by molar-refractivity contribution is 5.88. The Morgan fingerprint density at radius 1 is 1.17 bits per heavy atom. The van der Waals surface area contributed by atoms with E-state index in [1.165, 1.54) is 19.3 Å². The summed E-state index contributed by atoms with van der Waals surface area (Å²) in [5, 5.41) is 3.00. The van der Waals surface area contributed by atoms with E-state index >= 15 is 0 Å². The van der Waals surface area contributed by atoms with Crippen molar-refractivity contribution in [2.75, 3.05) is 26.2 Å². The Bertz CT molecular complexity index is 526. The van der Waals surface area contributed by atoms with E-state index < -0.39 is 0 Å². The second-order valence-corrected chi connectivity index (χ2v) is 8.09. The van der Waals surface area contributed by atoms with Gasteiger partial charge in [-0.05, 0) is 45.4 Å². The molecular weight excluding hydrogens is 306 g/mol. The Morgan fingerprint density at radius 3 is 2.29 bits per heavy atom. The molecule has 4 aliphatic rings. The minimum atomic E-state index is -0.350. The van der Waals surface area contributed by atoms with E-state index in [0.29, 0.717) is 13.1 Å². The molecule has 1 unspecified atom stereocenters. The highest BCUT2D eigenvalue weighted by Crippen LogP contribution is 2.48. The molecule has 6 nitrogen and oxygen atoms in total. The van der Waals surface area contributed by atoms with Crippen LogP contribution < -0.4 is 5.32 Å². The first-order valence-corrected chi connectivity index (χ1v) is 9.59. The molecule has 0 aromatic rings. The normalized spacial score (nSPS) is 30.9. The highest BCUT2D eigenvalue weighted by Gasteiger charge is 2.53. The molecule has 0 radical (unpaired) electrons. The lowest BCUT2D eigenvalue weighted by atomic mass is 9.77. The Labute approximate surface area is 143 Å². The number of urea groups is 1. The smallest absolute Gasteiger partial charge is 0.318 e. The zero-order chi connectivity index (χ0) is 16.8. The van der Waals surface area contributed by atoms with Crippen molar-refractivity contribution in [3.8, 4) is 0 Å². The lowest BCUT2D eigenvalue weighted by Crippen LogP contribution is -2.66. The van der Waals surface area contributed by atoms with Gasteiger partial charge in [0.05, 0.1) is 24.3 Å². The van der Waals surface area contributed by atoms with Gasteiger partial charge in [-0.25, -0.2) is 4.79 Å². The van der Waals surface area contributed by atoms with E-state index in [-0.39, 0.29) is 29.2 Å². The number of likely N-dealkylation sites (N-methyl/N-ethyl adjacent to an activating group) is 1. The van der Waals surface area contributed by atoms with Crippen LogP contribution in [0.2, 0.25) is 0 Å². The van der Waals surface area contributed by atoms with Gasteiger partial charge in [0.25, 0.3) is 0 Å². The molecule has 1 atom stereocenters. The van der Waals surface area contributed by atoms with Gasteiger partial charge in [-0.2, -0.15) is 0 Å². The van der Waals surface area contributed by atoms with E-state index in [2.05, 4.69) is 5.32 Å². The Kier molecular flexibility index (Phi) is 3.98. The molecule has 2 saturated heterocycles. The molecule has 2 spiro atoms. The van der Waals surface area contributed by atoms with Crippen LogP contribution in [0, 0.1) is 0 Å². The molecule has 6 heteroatoms. The predicted molar refractivity (Wildman–Crippen MR) is 89.6 cm³/mol. The van der Waals surface area contributed by atoms with E-state index in [1.807, 2.05) is 16.7 Å². The molecule has 2 aliphatic heterocycles. The number of nitrogens with one attached hydrogen (secondary N) is 1. The molecule has 0 aromatic carbocycles. The summed E-state index contributed by atoms with van der Waals surface area (Å²) in [5.74, 6) is 0.0630.